The minimum Gasteiger partial charge on any atom is -0.388 e. The highest BCUT2D eigenvalue weighted by Crippen LogP contribution is 2.34. The number of hydrogen-bond donors (Lipinski definition) is 2. The number of nitrogens with zero attached hydrogens (tertiary/aromatic N) is 1. The predicted molar refractivity (Wildman–Crippen MR) is 72.7 cm³/mol. The summed E-state index contributed by atoms with van der Waals surface area (Å²) >= 11 is 0. The Balaban J connectivity index is 1.96. The Kier molecular flexibility index (Phi) is 4.18. The second kappa shape index (κ2) is 5.85. The number of hydrogen-bond acceptors (Lipinski definition) is 3. The van der Waals surface area contributed by atoms with Crippen LogP contribution in [0.4, 0.5) is 5.69 Å². The van der Waals surface area contributed by atoms with Crippen molar-refractivity contribution >= 4 is 11.6 Å². The molecule has 0 radical (unpaired) electrons. The molecule has 0 aromatic carbocycles. The van der Waals surface area contributed by atoms with Gasteiger partial charge in [0.2, 0.25) is 0 Å². The molecule has 4 heteroatoms. The molecule has 1 aliphatic rings. The molecule has 1 heterocycles. The zero-order valence-corrected chi connectivity index (χ0v) is 11.1. The molecule has 18 heavy (non-hydrogen) atoms. The molecule has 1 aromatic heterocycles. The van der Waals surface area contributed by atoms with Crippen molar-refractivity contribution in [3.63, 3.8) is 0 Å². The Morgan fingerprint density at radius 2 is 2.33 bits per heavy atom. The van der Waals surface area contributed by atoms with E-state index in [1.165, 1.54) is 12.8 Å². The second-order valence-corrected chi connectivity index (χ2v) is 4.94. The first kappa shape index (κ1) is 12.9. The number of carbonyl (C=O) groups is 1. The van der Waals surface area contributed by atoms with E-state index in [9.17, 15) is 4.79 Å². The molecular weight excluding hydrogens is 226 g/mol. The molecule has 4 nitrogen and oxygen atoms in total. The molecular formula is C14H21N3O. The molecule has 0 bridgehead atoms. The first-order valence-electron chi connectivity index (χ1n) is 6.67. The largest absolute Gasteiger partial charge is 0.388 e. The summed E-state index contributed by atoms with van der Waals surface area (Å²) in [6.07, 6.45) is 6.38. The number of nitrogens with one attached hydrogen (secondary N) is 2. The van der Waals surface area contributed by atoms with Gasteiger partial charge in [-0.1, -0.05) is 19.8 Å². The third kappa shape index (κ3) is 3.45. The smallest absolute Gasteiger partial charge is 0.270 e. The summed E-state index contributed by atoms with van der Waals surface area (Å²) in [5, 5.41) is 6.09. The van der Waals surface area contributed by atoms with Crippen LogP contribution >= 0.6 is 0 Å². The van der Waals surface area contributed by atoms with Crippen molar-refractivity contribution in [3.05, 3.63) is 24.0 Å². The van der Waals surface area contributed by atoms with Crippen molar-refractivity contribution in [2.45, 2.75) is 38.6 Å². The summed E-state index contributed by atoms with van der Waals surface area (Å²) < 4.78 is 0. The van der Waals surface area contributed by atoms with Gasteiger partial charge in [0.05, 0.1) is 0 Å². The normalized spacial score (nSPS) is 16.1. The second-order valence-electron chi connectivity index (χ2n) is 4.94. The Labute approximate surface area is 108 Å². The van der Waals surface area contributed by atoms with Gasteiger partial charge in [-0.2, -0.15) is 0 Å². The lowest BCUT2D eigenvalue weighted by atomic mass is 10.1. The van der Waals surface area contributed by atoms with Crippen molar-refractivity contribution in [1.29, 1.82) is 0 Å². The SMILES string of the molecule is CCC(CC1CC1)NC(=O)c1cc(NC)ccn1. The minimum absolute atomic E-state index is 0.0698. The van der Waals surface area contributed by atoms with Gasteiger partial charge in [-0.05, 0) is 30.9 Å². The number of amides is 1. The molecule has 1 atom stereocenters. The Morgan fingerprint density at radius 1 is 1.56 bits per heavy atom. The highest BCUT2D eigenvalue weighted by molar-refractivity contribution is 5.93. The van der Waals surface area contributed by atoms with Crippen molar-refractivity contribution in [2.24, 2.45) is 5.92 Å². The maximum Gasteiger partial charge on any atom is 0.270 e. The molecule has 0 spiro atoms. The number of aromatic nitrogens is 1. The quantitative estimate of drug-likeness (QED) is 0.811. The zero-order valence-electron chi connectivity index (χ0n) is 11.1. The molecule has 1 fully saturated rings. The molecule has 1 aromatic rings. The van der Waals surface area contributed by atoms with Gasteiger partial charge >= 0.3 is 0 Å². The number of anilines is 1. The fourth-order valence-electron chi connectivity index (χ4n) is 2.05. The number of rotatable bonds is 6. The molecule has 1 aliphatic carbocycles. The van der Waals surface area contributed by atoms with E-state index >= 15 is 0 Å². The van der Waals surface area contributed by atoms with Gasteiger partial charge in [0.15, 0.2) is 0 Å². The summed E-state index contributed by atoms with van der Waals surface area (Å²) in [4.78, 5) is 16.2. The third-order valence-corrected chi connectivity index (χ3v) is 3.42. The summed E-state index contributed by atoms with van der Waals surface area (Å²) in [6, 6.07) is 3.90. The standard InChI is InChI=1S/C14H21N3O/c1-3-11(8-10-4-5-10)17-14(18)13-9-12(15-2)6-7-16-13/h6-7,9-11H,3-5,8H2,1-2H3,(H,15,16)(H,17,18). The lowest BCUT2D eigenvalue weighted by Gasteiger charge is -2.16. The first-order chi connectivity index (χ1) is 8.72. The fraction of sp³-hybridized carbons (Fsp3) is 0.571. The lowest BCUT2D eigenvalue weighted by molar-refractivity contribution is 0.0927. The van der Waals surface area contributed by atoms with E-state index in [1.807, 2.05) is 13.1 Å². The Hall–Kier alpha value is -1.58. The predicted octanol–water partition coefficient (Wildman–Crippen LogP) is 2.43. The average molecular weight is 247 g/mol. The summed E-state index contributed by atoms with van der Waals surface area (Å²) in [7, 11) is 1.83. The molecule has 98 valence electrons. The van der Waals surface area contributed by atoms with Crippen molar-refractivity contribution in [2.75, 3.05) is 12.4 Å². The zero-order chi connectivity index (χ0) is 13.0. The van der Waals surface area contributed by atoms with Crippen LogP contribution in [0.3, 0.4) is 0 Å². The molecule has 2 N–H and O–H groups in total. The summed E-state index contributed by atoms with van der Waals surface area (Å²) in [6.45, 7) is 2.12. The highest BCUT2D eigenvalue weighted by Gasteiger charge is 2.25. The van der Waals surface area contributed by atoms with Crippen LogP contribution in [-0.2, 0) is 0 Å². The lowest BCUT2D eigenvalue weighted by Crippen LogP contribution is -2.35. The molecule has 1 amide bonds. The van der Waals surface area contributed by atoms with Gasteiger partial charge in [-0.25, -0.2) is 0 Å². The maximum atomic E-state index is 12.1. The van der Waals surface area contributed by atoms with Gasteiger partial charge in [0.25, 0.3) is 5.91 Å². The van der Waals surface area contributed by atoms with Gasteiger partial charge < -0.3 is 10.6 Å². The van der Waals surface area contributed by atoms with Crippen LogP contribution in [-0.4, -0.2) is 24.0 Å². The number of pyridine rings is 1. The van der Waals surface area contributed by atoms with Crippen molar-refractivity contribution in [3.8, 4) is 0 Å². The molecule has 2 rings (SSSR count). The third-order valence-electron chi connectivity index (χ3n) is 3.42. The van der Waals surface area contributed by atoms with Crippen LogP contribution < -0.4 is 10.6 Å². The minimum atomic E-state index is -0.0698. The van der Waals surface area contributed by atoms with Crippen LogP contribution in [0.5, 0.6) is 0 Å². The van der Waals surface area contributed by atoms with Crippen molar-refractivity contribution < 1.29 is 4.79 Å². The van der Waals surface area contributed by atoms with E-state index in [1.54, 1.807) is 12.3 Å². The van der Waals surface area contributed by atoms with Crippen LogP contribution in [0.1, 0.15) is 43.1 Å². The van der Waals surface area contributed by atoms with Crippen LogP contribution in [0, 0.1) is 5.92 Å². The van der Waals surface area contributed by atoms with Gasteiger partial charge in [-0.3, -0.25) is 9.78 Å². The van der Waals surface area contributed by atoms with E-state index in [4.69, 9.17) is 0 Å². The molecule has 0 saturated heterocycles. The van der Waals surface area contributed by atoms with Gasteiger partial charge in [0, 0.05) is 25.0 Å². The Morgan fingerprint density at radius 3 is 2.94 bits per heavy atom. The van der Waals surface area contributed by atoms with Crippen LogP contribution in [0.15, 0.2) is 18.3 Å². The molecule has 1 unspecified atom stereocenters. The Bertz CT molecular complexity index is 415. The molecule has 1 saturated carbocycles. The fourth-order valence-corrected chi connectivity index (χ4v) is 2.05. The van der Waals surface area contributed by atoms with E-state index in [0.717, 1.165) is 24.4 Å². The van der Waals surface area contributed by atoms with Crippen LogP contribution in [0.2, 0.25) is 0 Å². The summed E-state index contributed by atoms with van der Waals surface area (Å²) in [5.41, 5.74) is 1.39. The topological polar surface area (TPSA) is 54.0 Å². The van der Waals surface area contributed by atoms with E-state index in [-0.39, 0.29) is 11.9 Å². The average Bonchev–Trinajstić information content (AvgIpc) is 3.21. The maximum absolute atomic E-state index is 12.1. The van der Waals surface area contributed by atoms with E-state index in [0.29, 0.717) is 5.69 Å². The van der Waals surface area contributed by atoms with Crippen molar-refractivity contribution in [1.82, 2.24) is 10.3 Å². The summed E-state index contributed by atoms with van der Waals surface area (Å²) in [5.74, 6) is 0.756. The monoisotopic (exact) mass is 247 g/mol. The molecule has 0 aliphatic heterocycles. The van der Waals surface area contributed by atoms with Gasteiger partial charge in [0.1, 0.15) is 5.69 Å². The van der Waals surface area contributed by atoms with E-state index in [2.05, 4.69) is 22.5 Å². The van der Waals surface area contributed by atoms with Crippen LogP contribution in [0.25, 0.3) is 0 Å². The van der Waals surface area contributed by atoms with E-state index < -0.39 is 0 Å². The number of carbonyl (C=O) groups excluding carboxylic acids is 1. The van der Waals surface area contributed by atoms with Gasteiger partial charge in [-0.15, -0.1) is 0 Å². The first-order valence-corrected chi connectivity index (χ1v) is 6.67. The highest BCUT2D eigenvalue weighted by atomic mass is 16.1.